The van der Waals surface area contributed by atoms with Gasteiger partial charge in [0.2, 0.25) is 5.91 Å². The number of nitrogens with one attached hydrogen (secondary N) is 1. The molecule has 0 aliphatic heterocycles. The summed E-state index contributed by atoms with van der Waals surface area (Å²) in [6, 6.07) is 2.22. The summed E-state index contributed by atoms with van der Waals surface area (Å²) >= 11 is 0. The Labute approximate surface area is 102 Å². The number of nitriles is 1. The maximum absolute atomic E-state index is 11.8. The van der Waals surface area contributed by atoms with Crippen molar-refractivity contribution in [3.05, 3.63) is 0 Å². The summed E-state index contributed by atoms with van der Waals surface area (Å²) in [6.07, 6.45) is 3.03. The fraction of sp³-hybridized carbons (Fsp3) is 0.833. The smallest absolute Gasteiger partial charge is 0.235 e. The fourth-order valence-electron chi connectivity index (χ4n) is 2.31. The Kier molecular flexibility index (Phi) is 4.91. The van der Waals surface area contributed by atoms with Crippen LogP contribution in [-0.2, 0) is 4.79 Å². The van der Waals surface area contributed by atoms with E-state index in [2.05, 4.69) is 11.4 Å². The standard InChI is InChI=1S/C12H21N3O2/c1-10(16)7-15(2)8-11(17)14-12(9-13)5-3-4-6-12/h10,16H,3-8H2,1-2H3,(H,14,17). The third-order valence-electron chi connectivity index (χ3n) is 3.04. The summed E-state index contributed by atoms with van der Waals surface area (Å²) in [5.74, 6) is -0.142. The van der Waals surface area contributed by atoms with Gasteiger partial charge in [0.15, 0.2) is 0 Å². The van der Waals surface area contributed by atoms with E-state index < -0.39 is 11.6 Å². The number of hydrogen-bond acceptors (Lipinski definition) is 4. The lowest BCUT2D eigenvalue weighted by Crippen LogP contribution is -2.49. The molecule has 0 heterocycles. The van der Waals surface area contributed by atoms with Crippen LogP contribution in [0.3, 0.4) is 0 Å². The number of nitrogens with zero attached hydrogens (tertiary/aromatic N) is 2. The summed E-state index contributed by atoms with van der Waals surface area (Å²) in [6.45, 7) is 2.35. The zero-order valence-corrected chi connectivity index (χ0v) is 10.6. The normalized spacial score (nSPS) is 19.9. The van der Waals surface area contributed by atoms with Crippen molar-refractivity contribution in [2.75, 3.05) is 20.1 Å². The lowest BCUT2D eigenvalue weighted by atomic mass is 10.00. The second kappa shape index (κ2) is 5.99. The van der Waals surface area contributed by atoms with Gasteiger partial charge >= 0.3 is 0 Å². The van der Waals surface area contributed by atoms with E-state index in [9.17, 15) is 9.90 Å². The highest BCUT2D eigenvalue weighted by atomic mass is 16.3. The first-order chi connectivity index (χ1) is 7.97. The molecule has 0 aromatic rings. The Morgan fingerprint density at radius 2 is 2.18 bits per heavy atom. The number of carbonyl (C=O) groups excluding carboxylic acids is 1. The molecule has 17 heavy (non-hydrogen) atoms. The van der Waals surface area contributed by atoms with Crippen LogP contribution < -0.4 is 5.32 Å². The lowest BCUT2D eigenvalue weighted by Gasteiger charge is -2.24. The molecule has 0 bridgehead atoms. The van der Waals surface area contributed by atoms with Gasteiger partial charge < -0.3 is 10.4 Å². The molecule has 96 valence electrons. The van der Waals surface area contributed by atoms with E-state index in [0.717, 1.165) is 25.7 Å². The molecule has 0 aromatic carbocycles. The van der Waals surface area contributed by atoms with Gasteiger partial charge in [0.05, 0.1) is 18.7 Å². The van der Waals surface area contributed by atoms with Crippen molar-refractivity contribution in [1.29, 1.82) is 5.26 Å². The average molecular weight is 239 g/mol. The molecule has 0 radical (unpaired) electrons. The summed E-state index contributed by atoms with van der Waals surface area (Å²) < 4.78 is 0. The van der Waals surface area contributed by atoms with Gasteiger partial charge in [-0.3, -0.25) is 9.69 Å². The summed E-state index contributed by atoms with van der Waals surface area (Å²) in [7, 11) is 1.78. The first-order valence-electron chi connectivity index (χ1n) is 6.06. The molecule has 0 aromatic heterocycles. The maximum Gasteiger partial charge on any atom is 0.235 e. The van der Waals surface area contributed by atoms with Crippen LogP contribution in [0.1, 0.15) is 32.6 Å². The Balaban J connectivity index is 2.41. The molecule has 1 aliphatic rings. The van der Waals surface area contributed by atoms with Gasteiger partial charge in [0.1, 0.15) is 5.54 Å². The van der Waals surface area contributed by atoms with Crippen LogP contribution in [0.15, 0.2) is 0 Å². The molecular formula is C12H21N3O2. The Morgan fingerprint density at radius 3 is 2.65 bits per heavy atom. The van der Waals surface area contributed by atoms with Gasteiger partial charge in [-0.2, -0.15) is 5.26 Å². The van der Waals surface area contributed by atoms with Gasteiger partial charge in [0.25, 0.3) is 0 Å². The third kappa shape index (κ3) is 4.33. The van der Waals surface area contributed by atoms with Crippen molar-refractivity contribution in [3.8, 4) is 6.07 Å². The van der Waals surface area contributed by atoms with Gasteiger partial charge in [-0.1, -0.05) is 0 Å². The number of carbonyl (C=O) groups is 1. The van der Waals surface area contributed by atoms with Crippen LogP contribution in [0.25, 0.3) is 0 Å². The molecule has 1 amide bonds. The van der Waals surface area contributed by atoms with Gasteiger partial charge in [0, 0.05) is 6.54 Å². The Hall–Kier alpha value is -1.12. The topological polar surface area (TPSA) is 76.4 Å². The van der Waals surface area contributed by atoms with Crippen LogP contribution in [0.4, 0.5) is 0 Å². The van der Waals surface area contributed by atoms with Crippen molar-refractivity contribution in [2.45, 2.75) is 44.2 Å². The molecule has 1 rings (SSSR count). The van der Waals surface area contributed by atoms with Crippen molar-refractivity contribution < 1.29 is 9.90 Å². The molecule has 5 nitrogen and oxygen atoms in total. The monoisotopic (exact) mass is 239 g/mol. The molecule has 0 spiro atoms. The van der Waals surface area contributed by atoms with Gasteiger partial charge in [-0.15, -0.1) is 0 Å². The van der Waals surface area contributed by atoms with Crippen LogP contribution in [0.5, 0.6) is 0 Å². The number of aliphatic hydroxyl groups excluding tert-OH is 1. The second-order valence-corrected chi connectivity index (χ2v) is 4.99. The minimum atomic E-state index is -0.650. The minimum absolute atomic E-state index is 0.142. The lowest BCUT2D eigenvalue weighted by molar-refractivity contribution is -0.123. The molecular weight excluding hydrogens is 218 g/mol. The van der Waals surface area contributed by atoms with Crippen LogP contribution in [0, 0.1) is 11.3 Å². The highest BCUT2D eigenvalue weighted by Gasteiger charge is 2.35. The predicted molar refractivity (Wildman–Crippen MR) is 64.1 cm³/mol. The number of rotatable bonds is 5. The molecule has 0 saturated heterocycles. The van der Waals surface area contributed by atoms with Crippen LogP contribution in [0.2, 0.25) is 0 Å². The first-order valence-corrected chi connectivity index (χ1v) is 6.06. The highest BCUT2D eigenvalue weighted by Crippen LogP contribution is 2.28. The minimum Gasteiger partial charge on any atom is -0.392 e. The van der Waals surface area contributed by atoms with E-state index in [4.69, 9.17) is 5.26 Å². The largest absolute Gasteiger partial charge is 0.392 e. The van der Waals surface area contributed by atoms with E-state index in [1.807, 2.05) is 0 Å². The Morgan fingerprint density at radius 1 is 1.59 bits per heavy atom. The molecule has 1 fully saturated rings. The highest BCUT2D eigenvalue weighted by molar-refractivity contribution is 5.79. The molecule has 2 N–H and O–H groups in total. The summed E-state index contributed by atoms with van der Waals surface area (Å²) in [5, 5.41) is 21.1. The van der Waals surface area contributed by atoms with Crippen molar-refractivity contribution in [2.24, 2.45) is 0 Å². The molecule has 1 atom stereocenters. The van der Waals surface area contributed by atoms with Gasteiger partial charge in [-0.05, 0) is 39.7 Å². The Bertz CT molecular complexity index is 303. The average Bonchev–Trinajstić information content (AvgIpc) is 2.65. The number of likely N-dealkylation sites (N-methyl/N-ethyl adjacent to an activating group) is 1. The molecule has 1 saturated carbocycles. The van der Waals surface area contributed by atoms with Crippen LogP contribution >= 0.6 is 0 Å². The second-order valence-electron chi connectivity index (χ2n) is 4.99. The molecule has 1 unspecified atom stereocenters. The van der Waals surface area contributed by atoms with E-state index >= 15 is 0 Å². The molecule has 1 aliphatic carbocycles. The van der Waals surface area contributed by atoms with Crippen molar-refractivity contribution in [1.82, 2.24) is 10.2 Å². The summed E-state index contributed by atoms with van der Waals surface area (Å²) in [4.78, 5) is 13.5. The summed E-state index contributed by atoms with van der Waals surface area (Å²) in [5.41, 5.74) is -0.650. The first kappa shape index (κ1) is 13.9. The van der Waals surface area contributed by atoms with Crippen molar-refractivity contribution >= 4 is 5.91 Å². The van der Waals surface area contributed by atoms with E-state index in [-0.39, 0.29) is 12.5 Å². The maximum atomic E-state index is 11.8. The number of hydrogen-bond donors (Lipinski definition) is 2. The third-order valence-corrected chi connectivity index (χ3v) is 3.04. The van der Waals surface area contributed by atoms with Crippen molar-refractivity contribution in [3.63, 3.8) is 0 Å². The van der Waals surface area contributed by atoms with E-state index in [1.165, 1.54) is 0 Å². The molecule has 5 heteroatoms. The number of amides is 1. The SMILES string of the molecule is CC(O)CN(C)CC(=O)NC1(C#N)CCCC1. The number of aliphatic hydroxyl groups is 1. The predicted octanol–water partition coefficient (Wildman–Crippen LogP) is 0.252. The zero-order chi connectivity index (χ0) is 12.9. The van der Waals surface area contributed by atoms with E-state index in [1.54, 1.807) is 18.9 Å². The zero-order valence-electron chi connectivity index (χ0n) is 10.6. The van der Waals surface area contributed by atoms with E-state index in [0.29, 0.717) is 6.54 Å². The van der Waals surface area contributed by atoms with Crippen LogP contribution in [-0.4, -0.2) is 47.7 Å². The quantitative estimate of drug-likeness (QED) is 0.721. The fourth-order valence-corrected chi connectivity index (χ4v) is 2.31. The van der Waals surface area contributed by atoms with Gasteiger partial charge in [-0.25, -0.2) is 0 Å².